The standard InChI is InChI=1S/C14H12N2OS/c1-9(17)13-8-15-14(18-13)12-7-6-10-4-2-3-5-11(10)16-12/h2-9,17H,1H3. The molecule has 2 aromatic heterocycles. The zero-order chi connectivity index (χ0) is 12.5. The molecule has 2 heterocycles. The molecular weight excluding hydrogens is 244 g/mol. The third kappa shape index (κ3) is 2.00. The van der Waals surface area contributed by atoms with Gasteiger partial charge in [-0.25, -0.2) is 9.97 Å². The van der Waals surface area contributed by atoms with E-state index in [2.05, 4.69) is 9.97 Å². The molecule has 18 heavy (non-hydrogen) atoms. The minimum Gasteiger partial charge on any atom is -0.388 e. The van der Waals surface area contributed by atoms with E-state index in [4.69, 9.17) is 0 Å². The van der Waals surface area contributed by atoms with Gasteiger partial charge in [0.2, 0.25) is 0 Å². The number of nitrogens with zero attached hydrogens (tertiary/aromatic N) is 2. The van der Waals surface area contributed by atoms with E-state index in [0.717, 1.165) is 26.5 Å². The summed E-state index contributed by atoms with van der Waals surface area (Å²) in [5.41, 5.74) is 1.81. The van der Waals surface area contributed by atoms with Crippen LogP contribution in [0.2, 0.25) is 0 Å². The van der Waals surface area contributed by atoms with Gasteiger partial charge >= 0.3 is 0 Å². The first-order valence-electron chi connectivity index (χ1n) is 5.74. The smallest absolute Gasteiger partial charge is 0.142 e. The van der Waals surface area contributed by atoms with Crippen LogP contribution >= 0.6 is 11.3 Å². The zero-order valence-electron chi connectivity index (χ0n) is 9.87. The van der Waals surface area contributed by atoms with Crippen molar-refractivity contribution in [1.29, 1.82) is 0 Å². The Bertz CT molecular complexity index is 691. The van der Waals surface area contributed by atoms with E-state index < -0.39 is 6.10 Å². The van der Waals surface area contributed by atoms with Crippen LogP contribution in [0.25, 0.3) is 21.6 Å². The van der Waals surface area contributed by atoms with Crippen molar-refractivity contribution in [2.45, 2.75) is 13.0 Å². The number of benzene rings is 1. The summed E-state index contributed by atoms with van der Waals surface area (Å²) in [5.74, 6) is 0. The number of pyridine rings is 1. The molecule has 1 atom stereocenters. The van der Waals surface area contributed by atoms with Crippen molar-refractivity contribution in [3.8, 4) is 10.7 Å². The summed E-state index contributed by atoms with van der Waals surface area (Å²) in [5, 5.41) is 11.5. The number of fused-ring (bicyclic) bond motifs is 1. The maximum atomic E-state index is 9.51. The molecule has 0 saturated carbocycles. The first kappa shape index (κ1) is 11.3. The van der Waals surface area contributed by atoms with Crippen LogP contribution in [0.1, 0.15) is 17.9 Å². The maximum Gasteiger partial charge on any atom is 0.142 e. The second-order valence-corrected chi connectivity index (χ2v) is 5.20. The molecule has 0 radical (unpaired) electrons. The topological polar surface area (TPSA) is 46.0 Å². The number of thiazole rings is 1. The molecule has 1 N–H and O–H groups in total. The van der Waals surface area contributed by atoms with E-state index in [9.17, 15) is 5.11 Å². The molecule has 0 aliphatic heterocycles. The average molecular weight is 256 g/mol. The highest BCUT2D eigenvalue weighted by atomic mass is 32.1. The SMILES string of the molecule is CC(O)c1cnc(-c2ccc3ccccc3n2)s1. The van der Waals surface area contributed by atoms with Crippen LogP contribution in [-0.4, -0.2) is 15.1 Å². The molecule has 3 rings (SSSR count). The van der Waals surface area contributed by atoms with Crippen LogP contribution in [0.5, 0.6) is 0 Å². The van der Waals surface area contributed by atoms with Gasteiger partial charge in [-0.05, 0) is 19.1 Å². The lowest BCUT2D eigenvalue weighted by atomic mass is 10.2. The molecule has 0 aliphatic rings. The van der Waals surface area contributed by atoms with Crippen molar-refractivity contribution < 1.29 is 5.11 Å². The minimum absolute atomic E-state index is 0.475. The maximum absolute atomic E-state index is 9.51. The Balaban J connectivity index is 2.07. The number of hydrogen-bond donors (Lipinski definition) is 1. The highest BCUT2D eigenvalue weighted by Crippen LogP contribution is 2.28. The highest BCUT2D eigenvalue weighted by molar-refractivity contribution is 7.15. The number of para-hydroxylation sites is 1. The van der Waals surface area contributed by atoms with E-state index in [-0.39, 0.29) is 0 Å². The number of aromatic nitrogens is 2. The van der Waals surface area contributed by atoms with E-state index in [1.54, 1.807) is 13.1 Å². The van der Waals surface area contributed by atoms with Crippen LogP contribution in [0.4, 0.5) is 0 Å². The Labute approximate surface area is 109 Å². The summed E-state index contributed by atoms with van der Waals surface area (Å²) < 4.78 is 0. The third-order valence-electron chi connectivity index (χ3n) is 2.75. The van der Waals surface area contributed by atoms with Gasteiger partial charge in [0, 0.05) is 11.6 Å². The zero-order valence-corrected chi connectivity index (χ0v) is 10.7. The van der Waals surface area contributed by atoms with Gasteiger partial charge in [0.15, 0.2) is 0 Å². The van der Waals surface area contributed by atoms with Gasteiger partial charge in [0.1, 0.15) is 5.01 Å². The normalized spacial score (nSPS) is 12.8. The van der Waals surface area contributed by atoms with Gasteiger partial charge in [-0.3, -0.25) is 0 Å². The molecule has 0 bridgehead atoms. The predicted octanol–water partition coefficient (Wildman–Crippen LogP) is 3.41. The third-order valence-corrected chi connectivity index (χ3v) is 3.94. The molecule has 0 fully saturated rings. The summed E-state index contributed by atoms with van der Waals surface area (Å²) in [6.07, 6.45) is 1.23. The van der Waals surface area contributed by atoms with E-state index in [0.29, 0.717) is 0 Å². The molecule has 1 unspecified atom stereocenters. The van der Waals surface area contributed by atoms with Crippen molar-refractivity contribution in [2.75, 3.05) is 0 Å². The van der Waals surface area contributed by atoms with Crippen LogP contribution < -0.4 is 0 Å². The van der Waals surface area contributed by atoms with E-state index >= 15 is 0 Å². The quantitative estimate of drug-likeness (QED) is 0.764. The highest BCUT2D eigenvalue weighted by Gasteiger charge is 2.09. The lowest BCUT2D eigenvalue weighted by molar-refractivity contribution is 0.203. The van der Waals surface area contributed by atoms with Gasteiger partial charge in [0.05, 0.1) is 22.2 Å². The summed E-state index contributed by atoms with van der Waals surface area (Å²) in [6.45, 7) is 1.74. The molecule has 0 amide bonds. The summed E-state index contributed by atoms with van der Waals surface area (Å²) in [4.78, 5) is 9.76. The molecule has 0 spiro atoms. The molecule has 1 aromatic carbocycles. The molecule has 3 nitrogen and oxygen atoms in total. The predicted molar refractivity (Wildman–Crippen MR) is 73.5 cm³/mol. The molecular formula is C14H12N2OS. The average Bonchev–Trinajstić information content (AvgIpc) is 2.88. The lowest BCUT2D eigenvalue weighted by Crippen LogP contribution is -1.84. The van der Waals surface area contributed by atoms with Crippen LogP contribution in [0.15, 0.2) is 42.6 Å². The van der Waals surface area contributed by atoms with Gasteiger partial charge in [-0.2, -0.15) is 0 Å². The van der Waals surface area contributed by atoms with Crippen LogP contribution in [0.3, 0.4) is 0 Å². The number of hydrogen-bond acceptors (Lipinski definition) is 4. The van der Waals surface area contributed by atoms with Gasteiger partial charge < -0.3 is 5.11 Å². The molecule has 0 saturated heterocycles. The van der Waals surface area contributed by atoms with Crippen molar-refractivity contribution in [2.24, 2.45) is 0 Å². The fourth-order valence-electron chi connectivity index (χ4n) is 1.78. The first-order chi connectivity index (χ1) is 8.74. The number of rotatable bonds is 2. The van der Waals surface area contributed by atoms with Crippen molar-refractivity contribution >= 4 is 22.2 Å². The van der Waals surface area contributed by atoms with Crippen LogP contribution in [-0.2, 0) is 0 Å². The van der Waals surface area contributed by atoms with Crippen LogP contribution in [0, 0.1) is 0 Å². The van der Waals surface area contributed by atoms with Gasteiger partial charge in [-0.15, -0.1) is 11.3 Å². The van der Waals surface area contributed by atoms with E-state index in [1.807, 2.05) is 36.4 Å². The fraction of sp³-hybridized carbons (Fsp3) is 0.143. The Morgan fingerprint density at radius 3 is 2.78 bits per heavy atom. The lowest BCUT2D eigenvalue weighted by Gasteiger charge is -2.00. The minimum atomic E-state index is -0.475. The molecule has 0 aliphatic carbocycles. The summed E-state index contributed by atoms with van der Waals surface area (Å²) in [6, 6.07) is 12.0. The second kappa shape index (κ2) is 4.48. The number of aliphatic hydroxyl groups excluding tert-OH is 1. The molecule has 3 aromatic rings. The van der Waals surface area contributed by atoms with Crippen molar-refractivity contribution in [3.05, 3.63) is 47.5 Å². The largest absolute Gasteiger partial charge is 0.388 e. The van der Waals surface area contributed by atoms with Crippen molar-refractivity contribution in [1.82, 2.24) is 9.97 Å². The van der Waals surface area contributed by atoms with Gasteiger partial charge in [-0.1, -0.05) is 24.3 Å². The van der Waals surface area contributed by atoms with Gasteiger partial charge in [0.25, 0.3) is 0 Å². The Kier molecular flexibility index (Phi) is 2.81. The van der Waals surface area contributed by atoms with Crippen molar-refractivity contribution in [3.63, 3.8) is 0 Å². The molecule has 90 valence electrons. The molecule has 4 heteroatoms. The Morgan fingerprint density at radius 1 is 1.17 bits per heavy atom. The first-order valence-corrected chi connectivity index (χ1v) is 6.55. The fourth-order valence-corrected chi connectivity index (χ4v) is 2.61. The second-order valence-electron chi connectivity index (χ2n) is 4.13. The summed E-state index contributed by atoms with van der Waals surface area (Å²) in [7, 11) is 0. The monoisotopic (exact) mass is 256 g/mol. The Morgan fingerprint density at radius 2 is 2.00 bits per heavy atom. The number of aliphatic hydroxyl groups is 1. The summed E-state index contributed by atoms with van der Waals surface area (Å²) >= 11 is 1.48. The van der Waals surface area contributed by atoms with E-state index in [1.165, 1.54) is 11.3 Å². The Hall–Kier alpha value is -1.78.